The number of hydrogen-bond donors (Lipinski definition) is 1. The minimum absolute atomic E-state index is 0.0858. The van der Waals surface area contributed by atoms with Crippen LogP contribution in [0.1, 0.15) is 42.1 Å². The molecule has 10 nitrogen and oxygen atoms in total. The molecule has 0 radical (unpaired) electrons. The lowest BCUT2D eigenvalue weighted by atomic mass is 10.3. The maximum Gasteiger partial charge on any atom is 0.351 e. The van der Waals surface area contributed by atoms with Crippen LogP contribution in [-0.4, -0.2) is 50.2 Å². The molecule has 3 heterocycles. The molecule has 2 aliphatic rings. The lowest BCUT2D eigenvalue weighted by Gasteiger charge is -2.09. The van der Waals surface area contributed by atoms with Gasteiger partial charge in [0.2, 0.25) is 0 Å². The maximum atomic E-state index is 12.4. The molecule has 11 heteroatoms. The molecule has 25 heavy (non-hydrogen) atoms. The second-order valence-corrected chi connectivity index (χ2v) is 6.60. The van der Waals surface area contributed by atoms with Crippen molar-refractivity contribution in [3.8, 4) is 0 Å². The third-order valence-electron chi connectivity index (χ3n) is 3.42. The Hall–Kier alpha value is -2.95. The number of nitrogens with zero attached hydrogens (tertiary/aromatic N) is 5. The van der Waals surface area contributed by atoms with Gasteiger partial charge in [-0.15, -0.1) is 5.01 Å². The minimum Gasteiger partial charge on any atom is -0.282 e. The van der Waals surface area contributed by atoms with E-state index < -0.39 is 23.8 Å². The Balaban J connectivity index is 1.77. The average molecular weight is 362 g/mol. The van der Waals surface area contributed by atoms with E-state index in [0.29, 0.717) is 17.1 Å². The standard InChI is InChI=1S/C14H14N6O4S/c1-6-4-9(21)19(17-6)12(23)11-8(3)15-13(25-11)16-14(24)20-10(22)5-7(2)18-20/h4-5H2,1-3H3,(H,15,16,24). The summed E-state index contributed by atoms with van der Waals surface area (Å²) in [4.78, 5) is 52.3. The number of thiazole rings is 1. The predicted octanol–water partition coefficient (Wildman–Crippen LogP) is 1.34. The summed E-state index contributed by atoms with van der Waals surface area (Å²) < 4.78 is 0. The smallest absolute Gasteiger partial charge is 0.282 e. The zero-order chi connectivity index (χ0) is 18.3. The lowest BCUT2D eigenvalue weighted by Crippen LogP contribution is -2.32. The first kappa shape index (κ1) is 16.9. The van der Waals surface area contributed by atoms with Crippen LogP contribution in [0.4, 0.5) is 9.93 Å². The summed E-state index contributed by atoms with van der Waals surface area (Å²) in [6, 6.07) is -0.749. The normalized spacial score (nSPS) is 17.1. The molecule has 0 aliphatic carbocycles. The van der Waals surface area contributed by atoms with E-state index in [1.807, 2.05) is 0 Å². The molecule has 0 unspecified atom stereocenters. The number of rotatable bonds is 2. The van der Waals surface area contributed by atoms with Crippen LogP contribution in [0.2, 0.25) is 0 Å². The number of amides is 5. The van der Waals surface area contributed by atoms with Crippen molar-refractivity contribution in [2.75, 3.05) is 5.32 Å². The third-order valence-corrected chi connectivity index (χ3v) is 4.48. The van der Waals surface area contributed by atoms with Crippen molar-refractivity contribution in [3.05, 3.63) is 10.6 Å². The van der Waals surface area contributed by atoms with Crippen LogP contribution in [0.5, 0.6) is 0 Å². The minimum atomic E-state index is -0.749. The van der Waals surface area contributed by atoms with E-state index in [0.717, 1.165) is 21.4 Å². The van der Waals surface area contributed by atoms with Gasteiger partial charge in [0, 0.05) is 11.4 Å². The highest BCUT2D eigenvalue weighted by Crippen LogP contribution is 2.26. The Morgan fingerprint density at radius 1 is 1.00 bits per heavy atom. The number of hydrogen-bond acceptors (Lipinski definition) is 8. The number of aromatic nitrogens is 1. The summed E-state index contributed by atoms with van der Waals surface area (Å²) in [5.74, 6) is -1.44. The third kappa shape index (κ3) is 3.18. The number of urea groups is 1. The molecular formula is C14H14N6O4S. The SMILES string of the molecule is CC1=NN(C(=O)Nc2nc(C)c(C(=O)N3N=C(C)CC3=O)s2)C(=O)C1. The monoisotopic (exact) mass is 362 g/mol. The molecule has 0 atom stereocenters. The van der Waals surface area contributed by atoms with Gasteiger partial charge in [0.25, 0.3) is 17.7 Å². The van der Waals surface area contributed by atoms with Gasteiger partial charge in [-0.05, 0) is 20.8 Å². The van der Waals surface area contributed by atoms with Gasteiger partial charge in [0.05, 0.1) is 18.5 Å². The fraction of sp³-hybridized carbons (Fsp3) is 0.357. The van der Waals surface area contributed by atoms with Gasteiger partial charge >= 0.3 is 6.03 Å². The highest BCUT2D eigenvalue weighted by atomic mass is 32.1. The molecule has 1 N–H and O–H groups in total. The van der Waals surface area contributed by atoms with Gasteiger partial charge in [-0.3, -0.25) is 19.7 Å². The van der Waals surface area contributed by atoms with E-state index in [1.165, 1.54) is 0 Å². The van der Waals surface area contributed by atoms with Crippen LogP contribution < -0.4 is 5.32 Å². The lowest BCUT2D eigenvalue weighted by molar-refractivity contribution is -0.126. The molecule has 1 aromatic heterocycles. The molecule has 0 bridgehead atoms. The largest absolute Gasteiger partial charge is 0.351 e. The summed E-state index contributed by atoms with van der Waals surface area (Å²) in [5.41, 5.74) is 1.44. The molecule has 5 amide bonds. The number of aryl methyl sites for hydroxylation is 1. The molecule has 0 saturated heterocycles. The predicted molar refractivity (Wildman–Crippen MR) is 89.3 cm³/mol. The maximum absolute atomic E-state index is 12.4. The van der Waals surface area contributed by atoms with E-state index >= 15 is 0 Å². The average Bonchev–Trinajstić information content (AvgIpc) is 3.16. The van der Waals surface area contributed by atoms with Crippen molar-refractivity contribution in [3.63, 3.8) is 0 Å². The second kappa shape index (κ2) is 6.16. The van der Waals surface area contributed by atoms with Crippen LogP contribution in [0.15, 0.2) is 10.2 Å². The fourth-order valence-electron chi connectivity index (χ4n) is 2.32. The Morgan fingerprint density at radius 2 is 1.56 bits per heavy atom. The summed E-state index contributed by atoms with van der Waals surface area (Å²) in [5, 5.41) is 11.8. The number of carbonyl (C=O) groups excluding carboxylic acids is 4. The highest BCUT2D eigenvalue weighted by molar-refractivity contribution is 7.17. The zero-order valence-electron chi connectivity index (χ0n) is 13.7. The first-order valence-corrected chi connectivity index (χ1v) is 8.14. The van der Waals surface area contributed by atoms with E-state index in [2.05, 4.69) is 20.5 Å². The fourth-order valence-corrected chi connectivity index (χ4v) is 3.20. The number of nitrogens with one attached hydrogen (secondary N) is 1. The number of hydrazone groups is 2. The van der Waals surface area contributed by atoms with Crippen molar-refractivity contribution in [2.45, 2.75) is 33.6 Å². The molecule has 1 aromatic rings. The van der Waals surface area contributed by atoms with Gasteiger partial charge in [-0.25, -0.2) is 9.78 Å². The van der Waals surface area contributed by atoms with Gasteiger partial charge in [0.1, 0.15) is 4.88 Å². The van der Waals surface area contributed by atoms with Crippen LogP contribution in [-0.2, 0) is 9.59 Å². The second-order valence-electron chi connectivity index (χ2n) is 5.60. The summed E-state index contributed by atoms with van der Waals surface area (Å²) in [6.07, 6.45) is 0.185. The molecule has 2 aliphatic heterocycles. The van der Waals surface area contributed by atoms with Crippen molar-refractivity contribution in [2.24, 2.45) is 10.2 Å². The van der Waals surface area contributed by atoms with Crippen molar-refractivity contribution >= 4 is 51.6 Å². The van der Waals surface area contributed by atoms with Crippen molar-refractivity contribution < 1.29 is 19.2 Å². The van der Waals surface area contributed by atoms with Crippen LogP contribution in [0.25, 0.3) is 0 Å². The molecule has 0 saturated carbocycles. The Kier molecular flexibility index (Phi) is 4.17. The Labute approximate surface area is 146 Å². The zero-order valence-corrected chi connectivity index (χ0v) is 14.5. The molecule has 0 aromatic carbocycles. The number of carbonyl (C=O) groups is 4. The van der Waals surface area contributed by atoms with E-state index in [1.54, 1.807) is 20.8 Å². The van der Waals surface area contributed by atoms with Crippen LogP contribution in [0.3, 0.4) is 0 Å². The molecule has 0 spiro atoms. The van der Waals surface area contributed by atoms with Crippen LogP contribution >= 0.6 is 11.3 Å². The van der Waals surface area contributed by atoms with Crippen molar-refractivity contribution in [1.29, 1.82) is 0 Å². The Morgan fingerprint density at radius 3 is 2.08 bits per heavy atom. The molecule has 3 rings (SSSR count). The van der Waals surface area contributed by atoms with E-state index in [4.69, 9.17) is 0 Å². The highest BCUT2D eigenvalue weighted by Gasteiger charge is 2.32. The summed E-state index contributed by atoms with van der Waals surface area (Å²) in [7, 11) is 0. The number of anilines is 1. The van der Waals surface area contributed by atoms with Gasteiger partial charge in [0.15, 0.2) is 5.13 Å². The molecule has 0 fully saturated rings. The van der Waals surface area contributed by atoms with Gasteiger partial charge in [-0.2, -0.15) is 15.2 Å². The quantitative estimate of drug-likeness (QED) is 0.795. The summed E-state index contributed by atoms with van der Waals surface area (Å²) >= 11 is 0.905. The summed E-state index contributed by atoms with van der Waals surface area (Å²) in [6.45, 7) is 4.89. The first-order valence-electron chi connectivity index (χ1n) is 7.33. The molecule has 130 valence electrons. The van der Waals surface area contributed by atoms with E-state index in [-0.39, 0.29) is 22.9 Å². The van der Waals surface area contributed by atoms with Gasteiger partial charge < -0.3 is 0 Å². The molecular weight excluding hydrogens is 348 g/mol. The Bertz CT molecular complexity index is 871. The topological polar surface area (TPSA) is 124 Å². The van der Waals surface area contributed by atoms with Crippen LogP contribution in [0, 0.1) is 6.92 Å². The first-order chi connectivity index (χ1) is 11.8. The number of imide groups is 2. The van der Waals surface area contributed by atoms with Gasteiger partial charge in [-0.1, -0.05) is 11.3 Å². The van der Waals surface area contributed by atoms with Crippen molar-refractivity contribution in [1.82, 2.24) is 15.0 Å². The van der Waals surface area contributed by atoms with E-state index in [9.17, 15) is 19.2 Å².